The fourth-order valence-electron chi connectivity index (χ4n) is 1.43. The monoisotopic (exact) mass is 238 g/mol. The second-order valence-corrected chi connectivity index (χ2v) is 5.28. The molecule has 0 aliphatic heterocycles. The van der Waals surface area contributed by atoms with Crippen LogP contribution >= 0.6 is 22.7 Å². The Balaban J connectivity index is 1.92. The summed E-state index contributed by atoms with van der Waals surface area (Å²) >= 11 is 3.53. The number of nitrogens with two attached hydrogens (primary N) is 1. The molecule has 0 bridgehead atoms. The summed E-state index contributed by atoms with van der Waals surface area (Å²) in [6.07, 6.45) is 0. The van der Waals surface area contributed by atoms with Crippen LogP contribution in [0.2, 0.25) is 0 Å². The maximum absolute atomic E-state index is 5.75. The number of hydrogen-bond acceptors (Lipinski definition) is 4. The van der Waals surface area contributed by atoms with Crippen LogP contribution in [0.15, 0.2) is 35.0 Å². The van der Waals surface area contributed by atoms with Crippen molar-refractivity contribution >= 4 is 22.7 Å². The van der Waals surface area contributed by atoms with Crippen molar-refractivity contribution in [2.24, 2.45) is 5.73 Å². The molecule has 0 aliphatic rings. The van der Waals surface area contributed by atoms with E-state index in [4.69, 9.17) is 5.73 Å². The van der Waals surface area contributed by atoms with Crippen LogP contribution in [0.1, 0.15) is 15.8 Å². The van der Waals surface area contributed by atoms with E-state index in [0.29, 0.717) is 6.54 Å². The van der Waals surface area contributed by atoms with Gasteiger partial charge in [0.15, 0.2) is 0 Å². The molecule has 80 valence electrons. The average molecular weight is 238 g/mol. The zero-order chi connectivity index (χ0) is 10.5. The molecule has 1 unspecified atom stereocenters. The van der Waals surface area contributed by atoms with Gasteiger partial charge < -0.3 is 11.1 Å². The zero-order valence-corrected chi connectivity index (χ0v) is 9.98. The fraction of sp³-hybridized carbons (Fsp3) is 0.273. The molecule has 2 nitrogen and oxygen atoms in total. The van der Waals surface area contributed by atoms with E-state index >= 15 is 0 Å². The summed E-state index contributed by atoms with van der Waals surface area (Å²) in [6.45, 7) is 1.54. The van der Waals surface area contributed by atoms with Gasteiger partial charge in [-0.2, -0.15) is 0 Å². The van der Waals surface area contributed by atoms with Gasteiger partial charge in [0.1, 0.15) is 0 Å². The molecule has 0 amide bonds. The largest absolute Gasteiger partial charge is 0.329 e. The summed E-state index contributed by atoms with van der Waals surface area (Å²) in [5.74, 6) is 0. The average Bonchev–Trinajstić information content (AvgIpc) is 2.90. The van der Waals surface area contributed by atoms with Gasteiger partial charge in [0, 0.05) is 22.8 Å². The van der Waals surface area contributed by atoms with Gasteiger partial charge in [-0.3, -0.25) is 0 Å². The van der Waals surface area contributed by atoms with Crippen molar-refractivity contribution in [3.05, 3.63) is 44.8 Å². The molecule has 15 heavy (non-hydrogen) atoms. The van der Waals surface area contributed by atoms with E-state index in [1.54, 1.807) is 22.7 Å². The molecule has 4 heteroatoms. The highest BCUT2D eigenvalue weighted by Crippen LogP contribution is 2.19. The van der Waals surface area contributed by atoms with Gasteiger partial charge in [0.05, 0.1) is 6.04 Å². The third-order valence-electron chi connectivity index (χ3n) is 2.23. The van der Waals surface area contributed by atoms with E-state index in [2.05, 4.69) is 40.3 Å². The fourth-order valence-corrected chi connectivity index (χ4v) is 2.90. The molecule has 2 aromatic rings. The molecule has 0 aliphatic carbocycles. The molecular formula is C11H14N2S2. The molecular weight excluding hydrogens is 224 g/mol. The van der Waals surface area contributed by atoms with Gasteiger partial charge in [-0.25, -0.2) is 0 Å². The lowest BCUT2D eigenvalue weighted by Gasteiger charge is -2.14. The van der Waals surface area contributed by atoms with Crippen LogP contribution in [-0.2, 0) is 6.54 Å². The highest BCUT2D eigenvalue weighted by molar-refractivity contribution is 7.10. The maximum Gasteiger partial charge on any atom is 0.0542 e. The Morgan fingerprint density at radius 2 is 2.00 bits per heavy atom. The molecule has 0 fully saturated rings. The standard InChI is InChI=1S/C11H14N2S2/c12-7-10(11-4-2-6-15-11)13-8-9-3-1-5-14-9/h1-6,10,13H,7-8,12H2. The smallest absolute Gasteiger partial charge is 0.0542 e. The summed E-state index contributed by atoms with van der Waals surface area (Å²) in [7, 11) is 0. The number of rotatable bonds is 5. The first-order chi connectivity index (χ1) is 7.40. The minimum absolute atomic E-state index is 0.284. The van der Waals surface area contributed by atoms with Crippen molar-refractivity contribution < 1.29 is 0 Å². The first kappa shape index (κ1) is 10.8. The summed E-state index contributed by atoms with van der Waals surface area (Å²) in [4.78, 5) is 2.67. The van der Waals surface area contributed by atoms with Gasteiger partial charge >= 0.3 is 0 Å². The molecule has 0 saturated heterocycles. The Morgan fingerprint density at radius 3 is 2.60 bits per heavy atom. The van der Waals surface area contributed by atoms with Crippen LogP contribution in [0.25, 0.3) is 0 Å². The molecule has 2 aromatic heterocycles. The minimum atomic E-state index is 0.284. The normalized spacial score (nSPS) is 12.9. The molecule has 3 N–H and O–H groups in total. The van der Waals surface area contributed by atoms with Crippen molar-refractivity contribution in [3.63, 3.8) is 0 Å². The lowest BCUT2D eigenvalue weighted by atomic mass is 10.2. The molecule has 0 spiro atoms. The van der Waals surface area contributed by atoms with Crippen molar-refractivity contribution in [2.45, 2.75) is 12.6 Å². The van der Waals surface area contributed by atoms with Gasteiger partial charge in [-0.05, 0) is 22.9 Å². The van der Waals surface area contributed by atoms with Gasteiger partial charge in [-0.15, -0.1) is 22.7 Å². The topological polar surface area (TPSA) is 38.0 Å². The molecule has 2 heterocycles. The predicted octanol–water partition coefficient (Wildman–Crippen LogP) is 2.60. The van der Waals surface area contributed by atoms with Crippen molar-refractivity contribution in [1.29, 1.82) is 0 Å². The Morgan fingerprint density at radius 1 is 1.20 bits per heavy atom. The SMILES string of the molecule is NCC(NCc1cccs1)c1cccs1. The van der Waals surface area contributed by atoms with E-state index in [1.807, 2.05) is 0 Å². The van der Waals surface area contributed by atoms with E-state index in [9.17, 15) is 0 Å². The Hall–Kier alpha value is -0.680. The summed E-state index contributed by atoms with van der Waals surface area (Å²) in [5.41, 5.74) is 5.75. The van der Waals surface area contributed by atoms with Crippen LogP contribution in [0.3, 0.4) is 0 Å². The molecule has 0 aromatic carbocycles. The van der Waals surface area contributed by atoms with Crippen LogP contribution in [0.4, 0.5) is 0 Å². The first-order valence-electron chi connectivity index (χ1n) is 4.89. The van der Waals surface area contributed by atoms with Crippen molar-refractivity contribution in [3.8, 4) is 0 Å². The van der Waals surface area contributed by atoms with Gasteiger partial charge in [0.2, 0.25) is 0 Å². The van der Waals surface area contributed by atoms with Gasteiger partial charge in [0.25, 0.3) is 0 Å². The minimum Gasteiger partial charge on any atom is -0.329 e. The van der Waals surface area contributed by atoms with E-state index in [1.165, 1.54) is 9.75 Å². The third kappa shape index (κ3) is 2.89. The summed E-state index contributed by atoms with van der Waals surface area (Å²) < 4.78 is 0. The Bertz CT molecular complexity index is 367. The molecule has 2 rings (SSSR count). The number of thiophene rings is 2. The van der Waals surface area contributed by atoms with Crippen LogP contribution < -0.4 is 11.1 Å². The Labute approximate surface area is 97.8 Å². The second-order valence-electron chi connectivity index (χ2n) is 3.26. The highest BCUT2D eigenvalue weighted by Gasteiger charge is 2.09. The molecule has 1 atom stereocenters. The van der Waals surface area contributed by atoms with Crippen LogP contribution in [-0.4, -0.2) is 6.54 Å². The first-order valence-corrected chi connectivity index (χ1v) is 6.65. The molecule has 0 radical (unpaired) electrons. The van der Waals surface area contributed by atoms with Crippen molar-refractivity contribution in [1.82, 2.24) is 5.32 Å². The zero-order valence-electron chi connectivity index (χ0n) is 8.35. The van der Waals surface area contributed by atoms with E-state index in [0.717, 1.165) is 6.54 Å². The Kier molecular flexibility index (Phi) is 3.91. The van der Waals surface area contributed by atoms with E-state index < -0.39 is 0 Å². The summed E-state index contributed by atoms with van der Waals surface area (Å²) in [5, 5.41) is 7.65. The third-order valence-corrected chi connectivity index (χ3v) is 4.09. The lowest BCUT2D eigenvalue weighted by Crippen LogP contribution is -2.26. The second kappa shape index (κ2) is 5.42. The summed E-state index contributed by atoms with van der Waals surface area (Å²) in [6, 6.07) is 8.69. The predicted molar refractivity (Wildman–Crippen MR) is 67.3 cm³/mol. The maximum atomic E-state index is 5.75. The molecule has 0 saturated carbocycles. The van der Waals surface area contributed by atoms with Crippen molar-refractivity contribution in [2.75, 3.05) is 6.54 Å². The van der Waals surface area contributed by atoms with Crippen LogP contribution in [0.5, 0.6) is 0 Å². The van der Waals surface area contributed by atoms with Gasteiger partial charge in [-0.1, -0.05) is 12.1 Å². The lowest BCUT2D eigenvalue weighted by molar-refractivity contribution is 0.553. The van der Waals surface area contributed by atoms with E-state index in [-0.39, 0.29) is 6.04 Å². The quantitative estimate of drug-likeness (QED) is 0.840. The number of hydrogen-bond donors (Lipinski definition) is 2. The number of nitrogens with one attached hydrogen (secondary N) is 1. The van der Waals surface area contributed by atoms with Crippen LogP contribution in [0, 0.1) is 0 Å². The highest BCUT2D eigenvalue weighted by atomic mass is 32.1.